The Balaban J connectivity index is 1.96. The minimum atomic E-state index is -3.54. The van der Waals surface area contributed by atoms with Gasteiger partial charge in [0.15, 0.2) is 0 Å². The van der Waals surface area contributed by atoms with E-state index in [0.717, 1.165) is 42.7 Å². The number of nitrogens with one attached hydrogen (secondary N) is 2. The van der Waals surface area contributed by atoms with Crippen LogP contribution in [-0.4, -0.2) is 48.1 Å². The predicted octanol–water partition coefficient (Wildman–Crippen LogP) is -0.494. The first-order chi connectivity index (χ1) is 10.8. The third kappa shape index (κ3) is 2.88. The van der Waals surface area contributed by atoms with Crippen LogP contribution in [0.25, 0.3) is 0 Å². The van der Waals surface area contributed by atoms with Crippen LogP contribution in [0.5, 0.6) is 0 Å². The summed E-state index contributed by atoms with van der Waals surface area (Å²) in [5.41, 5.74) is 2.78. The van der Waals surface area contributed by atoms with Gasteiger partial charge in [-0.2, -0.15) is 0 Å². The molecule has 1 atom stereocenters. The third-order valence-corrected chi connectivity index (χ3v) is 6.06. The largest absolute Gasteiger partial charge is 0.339 e. The van der Waals surface area contributed by atoms with Crippen LogP contribution in [-0.2, 0) is 21.2 Å². The van der Waals surface area contributed by atoms with Crippen LogP contribution in [0.4, 0.5) is 5.69 Å². The molecule has 3 rings (SSSR count). The van der Waals surface area contributed by atoms with Crippen molar-refractivity contribution >= 4 is 21.6 Å². The third-order valence-electron chi connectivity index (χ3n) is 4.62. The van der Waals surface area contributed by atoms with Crippen molar-refractivity contribution in [1.29, 1.82) is 0 Å². The Hall–Kier alpha value is -1.44. The molecule has 2 aliphatic heterocycles. The summed E-state index contributed by atoms with van der Waals surface area (Å²) in [6, 6.07) is 3.42. The van der Waals surface area contributed by atoms with Gasteiger partial charge in [-0.1, -0.05) is 0 Å². The van der Waals surface area contributed by atoms with E-state index in [2.05, 4.69) is 4.72 Å². The zero-order chi connectivity index (χ0) is 16.8. The first-order valence-electron chi connectivity index (χ1n) is 8.08. The van der Waals surface area contributed by atoms with Crippen LogP contribution in [0, 0.1) is 0 Å². The molecule has 2 aliphatic rings. The molecule has 6 nitrogen and oxygen atoms in total. The lowest BCUT2D eigenvalue weighted by molar-refractivity contribution is -0.856. The Kier molecular flexibility index (Phi) is 4.20. The smallest absolute Gasteiger partial charge is 0.240 e. The van der Waals surface area contributed by atoms with Gasteiger partial charge >= 0.3 is 0 Å². The number of rotatable bonds is 5. The van der Waals surface area contributed by atoms with E-state index in [1.165, 1.54) is 4.90 Å². The SMILES string of the molecule is C[C@@H]1C(=O)N2CCCc3cc(S(=O)(=O)NCC[NH+](C)C)cc1c32. The number of benzene rings is 1. The summed E-state index contributed by atoms with van der Waals surface area (Å²) in [5, 5.41) is 0. The maximum absolute atomic E-state index is 12.6. The maximum atomic E-state index is 12.6. The molecule has 1 amide bonds. The highest BCUT2D eigenvalue weighted by Gasteiger charge is 2.38. The summed E-state index contributed by atoms with van der Waals surface area (Å²) in [4.78, 5) is 15.6. The number of amides is 1. The number of sulfonamides is 1. The summed E-state index contributed by atoms with van der Waals surface area (Å²) < 4.78 is 27.8. The van der Waals surface area contributed by atoms with Crippen molar-refractivity contribution in [2.75, 3.05) is 38.6 Å². The van der Waals surface area contributed by atoms with E-state index in [-0.39, 0.29) is 16.7 Å². The number of quaternary nitrogens is 1. The standard InChI is InChI=1S/C16H23N3O3S/c1-11-14-10-13(23(21,22)17-6-8-18(2)3)9-12-5-4-7-19(15(12)14)16(11)20/h9-11,17H,4-8H2,1-3H3/p+1/t11-/m0/s1. The van der Waals surface area contributed by atoms with Gasteiger partial charge in [0.2, 0.25) is 15.9 Å². The molecule has 0 fully saturated rings. The average molecular weight is 338 g/mol. The molecule has 0 saturated carbocycles. The van der Waals surface area contributed by atoms with Gasteiger partial charge in [-0.05, 0) is 43.0 Å². The summed E-state index contributed by atoms with van der Waals surface area (Å²) in [6.45, 7) is 3.71. The van der Waals surface area contributed by atoms with Crippen LogP contribution in [0.15, 0.2) is 17.0 Å². The number of aryl methyl sites for hydroxylation is 1. The second-order valence-corrected chi connectivity index (χ2v) is 8.46. The molecule has 0 spiro atoms. The van der Waals surface area contributed by atoms with E-state index in [1.54, 1.807) is 12.1 Å². The van der Waals surface area contributed by atoms with Gasteiger partial charge < -0.3 is 9.80 Å². The van der Waals surface area contributed by atoms with Crippen molar-refractivity contribution < 1.29 is 18.1 Å². The molecular formula is C16H24N3O3S+. The van der Waals surface area contributed by atoms with Gasteiger partial charge in [0.25, 0.3) is 0 Å². The molecule has 0 aromatic heterocycles. The number of carbonyl (C=O) groups is 1. The number of hydrogen-bond acceptors (Lipinski definition) is 3. The molecule has 1 aromatic carbocycles. The molecule has 1 aromatic rings. The average Bonchev–Trinajstić information content (AvgIpc) is 2.74. The van der Waals surface area contributed by atoms with Gasteiger partial charge in [-0.3, -0.25) is 4.79 Å². The summed E-state index contributed by atoms with van der Waals surface area (Å²) >= 11 is 0. The summed E-state index contributed by atoms with van der Waals surface area (Å²) in [5.74, 6) is -0.178. The van der Waals surface area contributed by atoms with Crippen LogP contribution in [0.1, 0.15) is 30.4 Å². The number of nitrogens with zero attached hydrogens (tertiary/aromatic N) is 1. The maximum Gasteiger partial charge on any atom is 0.240 e. The van der Waals surface area contributed by atoms with Crippen LogP contribution in [0.2, 0.25) is 0 Å². The van der Waals surface area contributed by atoms with E-state index in [9.17, 15) is 13.2 Å². The van der Waals surface area contributed by atoms with Gasteiger partial charge in [0.05, 0.1) is 43.7 Å². The molecule has 0 saturated heterocycles. The fourth-order valence-corrected chi connectivity index (χ4v) is 4.46. The highest BCUT2D eigenvalue weighted by molar-refractivity contribution is 7.89. The second kappa shape index (κ2) is 5.89. The van der Waals surface area contributed by atoms with Gasteiger partial charge in [0.1, 0.15) is 0 Å². The quantitative estimate of drug-likeness (QED) is 0.761. The molecule has 23 heavy (non-hydrogen) atoms. The van der Waals surface area contributed by atoms with Gasteiger partial charge in [-0.15, -0.1) is 0 Å². The lowest BCUT2D eigenvalue weighted by Crippen LogP contribution is -3.06. The first kappa shape index (κ1) is 16.4. The van der Waals surface area contributed by atoms with Crippen LogP contribution >= 0.6 is 0 Å². The number of likely N-dealkylation sites (N-methyl/N-ethyl adjacent to an activating group) is 1. The molecule has 0 bridgehead atoms. The number of carbonyl (C=O) groups excluding carboxylic acids is 1. The minimum absolute atomic E-state index is 0.0830. The fraction of sp³-hybridized carbons (Fsp3) is 0.562. The van der Waals surface area contributed by atoms with Crippen molar-refractivity contribution in [3.63, 3.8) is 0 Å². The molecule has 0 unspecified atom stereocenters. The second-order valence-electron chi connectivity index (χ2n) is 6.69. The summed E-state index contributed by atoms with van der Waals surface area (Å²) in [7, 11) is 0.426. The van der Waals surface area contributed by atoms with E-state index >= 15 is 0 Å². The molecule has 0 radical (unpaired) electrons. The van der Waals surface area contributed by atoms with E-state index in [1.807, 2.05) is 25.9 Å². The van der Waals surface area contributed by atoms with E-state index in [0.29, 0.717) is 6.54 Å². The summed E-state index contributed by atoms with van der Waals surface area (Å²) in [6.07, 6.45) is 1.70. The van der Waals surface area contributed by atoms with Crippen LogP contribution < -0.4 is 14.5 Å². The Morgan fingerprint density at radius 3 is 2.78 bits per heavy atom. The van der Waals surface area contributed by atoms with Crippen LogP contribution in [0.3, 0.4) is 0 Å². The molecule has 2 N–H and O–H groups in total. The van der Waals surface area contributed by atoms with Crippen molar-refractivity contribution in [2.24, 2.45) is 0 Å². The monoisotopic (exact) mass is 338 g/mol. The fourth-order valence-electron chi connectivity index (χ4n) is 3.34. The lowest BCUT2D eigenvalue weighted by Gasteiger charge is -2.26. The zero-order valence-corrected chi connectivity index (χ0v) is 14.7. The van der Waals surface area contributed by atoms with E-state index in [4.69, 9.17) is 0 Å². The van der Waals surface area contributed by atoms with Crippen molar-refractivity contribution in [3.05, 3.63) is 23.3 Å². The highest BCUT2D eigenvalue weighted by Crippen LogP contribution is 2.43. The van der Waals surface area contributed by atoms with Crippen molar-refractivity contribution in [2.45, 2.75) is 30.6 Å². The highest BCUT2D eigenvalue weighted by atomic mass is 32.2. The normalized spacial score (nSPS) is 20.3. The molecular weight excluding hydrogens is 314 g/mol. The molecule has 0 aliphatic carbocycles. The van der Waals surface area contributed by atoms with E-state index < -0.39 is 10.0 Å². The number of hydrogen-bond donors (Lipinski definition) is 2. The Labute approximate surface area is 137 Å². The number of anilines is 1. The molecule has 7 heteroatoms. The Morgan fingerprint density at radius 2 is 2.09 bits per heavy atom. The lowest BCUT2D eigenvalue weighted by atomic mass is 9.97. The Bertz CT molecular complexity index is 743. The minimum Gasteiger partial charge on any atom is -0.339 e. The first-order valence-corrected chi connectivity index (χ1v) is 9.56. The Morgan fingerprint density at radius 1 is 1.35 bits per heavy atom. The zero-order valence-electron chi connectivity index (χ0n) is 13.8. The van der Waals surface area contributed by atoms with Crippen molar-refractivity contribution in [1.82, 2.24) is 4.72 Å². The van der Waals surface area contributed by atoms with Gasteiger partial charge in [-0.25, -0.2) is 13.1 Å². The topological polar surface area (TPSA) is 70.9 Å². The van der Waals surface area contributed by atoms with Crippen molar-refractivity contribution in [3.8, 4) is 0 Å². The molecule has 2 heterocycles. The van der Waals surface area contributed by atoms with Gasteiger partial charge in [0, 0.05) is 6.54 Å². The molecule has 126 valence electrons. The predicted molar refractivity (Wildman–Crippen MR) is 88.4 cm³/mol.